The van der Waals surface area contributed by atoms with E-state index in [0.29, 0.717) is 23.9 Å². The number of halogens is 1. The molecule has 2 aromatic carbocycles. The lowest BCUT2D eigenvalue weighted by atomic mass is 9.91. The molecule has 1 aliphatic carbocycles. The average molecular weight is 374 g/mol. The van der Waals surface area contributed by atoms with E-state index in [-0.39, 0.29) is 12.5 Å². The van der Waals surface area contributed by atoms with Gasteiger partial charge in [-0.2, -0.15) is 0 Å². The predicted octanol–water partition coefficient (Wildman–Crippen LogP) is 4.10. The second-order valence-corrected chi connectivity index (χ2v) is 6.91. The molecule has 0 aliphatic heterocycles. The number of rotatable bonds is 7. The Morgan fingerprint density at radius 2 is 2.00 bits per heavy atom. The first-order chi connectivity index (χ1) is 12.6. The zero-order valence-corrected chi connectivity index (χ0v) is 15.8. The van der Waals surface area contributed by atoms with Gasteiger partial charge in [-0.25, -0.2) is 0 Å². The molecular formula is C21H24ClNO3. The van der Waals surface area contributed by atoms with Gasteiger partial charge in [0, 0.05) is 5.02 Å². The summed E-state index contributed by atoms with van der Waals surface area (Å²) in [5.41, 5.74) is 3.61. The predicted molar refractivity (Wildman–Crippen MR) is 103 cm³/mol. The summed E-state index contributed by atoms with van der Waals surface area (Å²) in [5.74, 6) is 1.38. The van der Waals surface area contributed by atoms with E-state index in [0.717, 1.165) is 24.2 Å². The minimum absolute atomic E-state index is 0.0206. The van der Waals surface area contributed by atoms with Crippen LogP contribution in [0.4, 0.5) is 0 Å². The van der Waals surface area contributed by atoms with Crippen LogP contribution in [-0.4, -0.2) is 25.7 Å². The standard InChI is InChI=1S/C21H24ClNO3/c1-15-9-10-17(13-19(15)22)25-12-11-23-21(24)14-26-20-8-4-6-16-5-2-3-7-18(16)20/h4,6,8-10,13H,2-3,5,7,11-12,14H2,1H3,(H,23,24). The number of nitrogens with one attached hydrogen (secondary N) is 1. The third-order valence-electron chi connectivity index (χ3n) is 4.55. The Hall–Kier alpha value is -2.20. The van der Waals surface area contributed by atoms with E-state index in [2.05, 4.69) is 11.4 Å². The van der Waals surface area contributed by atoms with Gasteiger partial charge in [0.05, 0.1) is 6.54 Å². The van der Waals surface area contributed by atoms with Crippen LogP contribution in [0.3, 0.4) is 0 Å². The molecule has 1 aliphatic rings. The molecule has 0 saturated heterocycles. The largest absolute Gasteiger partial charge is 0.492 e. The fraction of sp³-hybridized carbons (Fsp3) is 0.381. The summed E-state index contributed by atoms with van der Waals surface area (Å²) < 4.78 is 11.3. The van der Waals surface area contributed by atoms with Crippen LogP contribution >= 0.6 is 11.6 Å². The number of aryl methyl sites for hydroxylation is 2. The first-order valence-electron chi connectivity index (χ1n) is 9.02. The van der Waals surface area contributed by atoms with Crippen molar-refractivity contribution >= 4 is 17.5 Å². The minimum atomic E-state index is -0.149. The normalized spacial score (nSPS) is 13.0. The van der Waals surface area contributed by atoms with Crippen molar-refractivity contribution < 1.29 is 14.3 Å². The first-order valence-corrected chi connectivity index (χ1v) is 9.40. The van der Waals surface area contributed by atoms with Gasteiger partial charge in [-0.3, -0.25) is 4.79 Å². The van der Waals surface area contributed by atoms with Gasteiger partial charge >= 0.3 is 0 Å². The molecule has 26 heavy (non-hydrogen) atoms. The molecule has 0 heterocycles. The lowest BCUT2D eigenvalue weighted by molar-refractivity contribution is -0.123. The third-order valence-corrected chi connectivity index (χ3v) is 4.96. The summed E-state index contributed by atoms with van der Waals surface area (Å²) in [6.45, 7) is 2.76. The lowest BCUT2D eigenvalue weighted by Gasteiger charge is -2.19. The van der Waals surface area contributed by atoms with Gasteiger partial charge in [-0.15, -0.1) is 0 Å². The summed E-state index contributed by atoms with van der Waals surface area (Å²) in [7, 11) is 0. The molecule has 3 rings (SSSR count). The topological polar surface area (TPSA) is 47.6 Å². The Morgan fingerprint density at radius 1 is 1.15 bits per heavy atom. The van der Waals surface area contributed by atoms with Gasteiger partial charge in [-0.05, 0) is 67.5 Å². The maximum absolute atomic E-state index is 12.0. The van der Waals surface area contributed by atoms with Crippen LogP contribution < -0.4 is 14.8 Å². The minimum Gasteiger partial charge on any atom is -0.492 e. The third kappa shape index (κ3) is 4.92. The second kappa shape index (κ2) is 8.95. The van der Waals surface area contributed by atoms with E-state index < -0.39 is 0 Å². The van der Waals surface area contributed by atoms with E-state index >= 15 is 0 Å². The molecule has 138 valence electrons. The Bertz CT molecular complexity index is 776. The van der Waals surface area contributed by atoms with Gasteiger partial charge < -0.3 is 14.8 Å². The van der Waals surface area contributed by atoms with Crippen LogP contribution in [0.25, 0.3) is 0 Å². The summed E-state index contributed by atoms with van der Waals surface area (Å²) in [6.07, 6.45) is 4.53. The van der Waals surface area contributed by atoms with E-state index in [9.17, 15) is 4.79 Å². The summed E-state index contributed by atoms with van der Waals surface area (Å²) in [5, 5.41) is 3.48. The highest BCUT2D eigenvalue weighted by Gasteiger charge is 2.14. The molecule has 0 saturated carbocycles. The molecule has 0 unspecified atom stereocenters. The Morgan fingerprint density at radius 3 is 2.85 bits per heavy atom. The van der Waals surface area contributed by atoms with Crippen LogP contribution in [0, 0.1) is 6.92 Å². The summed E-state index contributed by atoms with van der Waals surface area (Å²) >= 11 is 6.06. The van der Waals surface area contributed by atoms with E-state index in [1.54, 1.807) is 6.07 Å². The highest BCUT2D eigenvalue weighted by atomic mass is 35.5. The van der Waals surface area contributed by atoms with Gasteiger partial charge in [-0.1, -0.05) is 29.8 Å². The Kier molecular flexibility index (Phi) is 6.40. The summed E-state index contributed by atoms with van der Waals surface area (Å²) in [4.78, 5) is 12.0. The van der Waals surface area contributed by atoms with Crippen molar-refractivity contribution in [1.29, 1.82) is 0 Å². The van der Waals surface area contributed by atoms with Crippen LogP contribution in [0.5, 0.6) is 11.5 Å². The first kappa shape index (κ1) is 18.6. The van der Waals surface area contributed by atoms with Gasteiger partial charge in [0.1, 0.15) is 18.1 Å². The molecule has 4 nitrogen and oxygen atoms in total. The molecule has 1 N–H and O–H groups in total. The molecule has 1 amide bonds. The van der Waals surface area contributed by atoms with Crippen LogP contribution in [0.1, 0.15) is 29.5 Å². The number of hydrogen-bond donors (Lipinski definition) is 1. The number of hydrogen-bond acceptors (Lipinski definition) is 3. The zero-order valence-electron chi connectivity index (χ0n) is 15.0. The average Bonchev–Trinajstić information content (AvgIpc) is 2.66. The van der Waals surface area contributed by atoms with Gasteiger partial charge in [0.2, 0.25) is 0 Å². The van der Waals surface area contributed by atoms with Crippen molar-refractivity contribution in [2.24, 2.45) is 0 Å². The quantitative estimate of drug-likeness (QED) is 0.743. The molecule has 0 atom stereocenters. The number of carbonyl (C=O) groups excluding carboxylic acids is 1. The summed E-state index contributed by atoms with van der Waals surface area (Å²) in [6, 6.07) is 11.6. The SMILES string of the molecule is Cc1ccc(OCCNC(=O)COc2cccc3c2CCCC3)cc1Cl. The van der Waals surface area contributed by atoms with E-state index in [1.165, 1.54) is 24.0 Å². The van der Waals surface area contributed by atoms with Crippen molar-refractivity contribution in [2.75, 3.05) is 19.8 Å². The fourth-order valence-corrected chi connectivity index (χ4v) is 3.27. The Labute approximate surface area is 159 Å². The molecule has 0 radical (unpaired) electrons. The molecule has 5 heteroatoms. The molecule has 0 fully saturated rings. The molecule has 0 aromatic heterocycles. The zero-order chi connectivity index (χ0) is 18.4. The number of carbonyl (C=O) groups is 1. The highest BCUT2D eigenvalue weighted by Crippen LogP contribution is 2.29. The van der Waals surface area contributed by atoms with Crippen molar-refractivity contribution in [1.82, 2.24) is 5.32 Å². The smallest absolute Gasteiger partial charge is 0.258 e. The van der Waals surface area contributed by atoms with Crippen LogP contribution in [-0.2, 0) is 17.6 Å². The lowest BCUT2D eigenvalue weighted by Crippen LogP contribution is -2.32. The van der Waals surface area contributed by atoms with E-state index in [4.69, 9.17) is 21.1 Å². The molecule has 2 aromatic rings. The molecule has 0 spiro atoms. The monoisotopic (exact) mass is 373 g/mol. The van der Waals surface area contributed by atoms with Crippen LogP contribution in [0.2, 0.25) is 5.02 Å². The van der Waals surface area contributed by atoms with Gasteiger partial charge in [0.15, 0.2) is 6.61 Å². The highest BCUT2D eigenvalue weighted by molar-refractivity contribution is 6.31. The number of ether oxygens (including phenoxy) is 2. The van der Waals surface area contributed by atoms with Crippen molar-refractivity contribution in [3.8, 4) is 11.5 Å². The fourth-order valence-electron chi connectivity index (χ4n) is 3.10. The number of fused-ring (bicyclic) bond motifs is 1. The van der Waals surface area contributed by atoms with E-state index in [1.807, 2.05) is 31.2 Å². The van der Waals surface area contributed by atoms with Crippen molar-refractivity contribution in [3.05, 3.63) is 58.1 Å². The second-order valence-electron chi connectivity index (χ2n) is 6.50. The maximum atomic E-state index is 12.0. The van der Waals surface area contributed by atoms with Gasteiger partial charge in [0.25, 0.3) is 5.91 Å². The Balaban J connectivity index is 1.40. The number of amides is 1. The van der Waals surface area contributed by atoms with Crippen LogP contribution in [0.15, 0.2) is 36.4 Å². The van der Waals surface area contributed by atoms with Crippen molar-refractivity contribution in [2.45, 2.75) is 32.6 Å². The maximum Gasteiger partial charge on any atom is 0.258 e. The molecular weight excluding hydrogens is 350 g/mol. The van der Waals surface area contributed by atoms with Crippen molar-refractivity contribution in [3.63, 3.8) is 0 Å². The number of benzene rings is 2. The molecule has 0 bridgehead atoms.